The summed E-state index contributed by atoms with van der Waals surface area (Å²) < 4.78 is 4.63. The van der Waals surface area contributed by atoms with Gasteiger partial charge in [-0.15, -0.1) is 0 Å². The standard InChI is InChI=1S/C6H10O4/c1-6(2)4(8)3(7)5(9)10-6/h3-4,7-8H,1-2H3. The molecule has 1 fully saturated rings. The summed E-state index contributed by atoms with van der Waals surface area (Å²) in [5.41, 5.74) is -0.948. The van der Waals surface area contributed by atoms with Gasteiger partial charge in [-0.3, -0.25) is 0 Å². The maximum Gasteiger partial charge on any atom is 0.338 e. The molecule has 0 bridgehead atoms. The summed E-state index contributed by atoms with van der Waals surface area (Å²) in [4.78, 5) is 10.6. The number of carbonyl (C=O) groups excluding carboxylic acids is 1. The Bertz CT molecular complexity index is 163. The highest BCUT2D eigenvalue weighted by molar-refractivity contribution is 5.78. The van der Waals surface area contributed by atoms with Crippen LogP contribution in [0.2, 0.25) is 0 Å². The summed E-state index contributed by atoms with van der Waals surface area (Å²) >= 11 is 0. The first kappa shape index (κ1) is 7.50. The van der Waals surface area contributed by atoms with Crippen LogP contribution in [-0.2, 0) is 9.53 Å². The van der Waals surface area contributed by atoms with Gasteiger partial charge in [-0.2, -0.15) is 0 Å². The van der Waals surface area contributed by atoms with Crippen LogP contribution in [0, 0.1) is 0 Å². The van der Waals surface area contributed by atoms with E-state index in [1.54, 1.807) is 13.8 Å². The molecule has 0 radical (unpaired) electrons. The minimum Gasteiger partial charge on any atom is -0.455 e. The Morgan fingerprint density at radius 1 is 1.50 bits per heavy atom. The van der Waals surface area contributed by atoms with Crippen molar-refractivity contribution in [2.45, 2.75) is 31.7 Å². The van der Waals surface area contributed by atoms with E-state index < -0.39 is 23.8 Å². The van der Waals surface area contributed by atoms with Crippen LogP contribution in [-0.4, -0.2) is 34.0 Å². The maximum atomic E-state index is 10.6. The molecule has 0 saturated carbocycles. The Morgan fingerprint density at radius 3 is 2.10 bits per heavy atom. The Balaban J connectivity index is 2.81. The van der Waals surface area contributed by atoms with Crippen molar-refractivity contribution >= 4 is 5.97 Å². The lowest BCUT2D eigenvalue weighted by Gasteiger charge is -2.19. The summed E-state index contributed by atoms with van der Waals surface area (Å²) in [5.74, 6) is -0.752. The lowest BCUT2D eigenvalue weighted by Crippen LogP contribution is -2.37. The smallest absolute Gasteiger partial charge is 0.338 e. The number of aliphatic hydroxyl groups excluding tert-OH is 2. The van der Waals surface area contributed by atoms with Crippen molar-refractivity contribution in [3.63, 3.8) is 0 Å². The Hall–Kier alpha value is -0.610. The minimum absolute atomic E-state index is 0.752. The third-order valence-corrected chi connectivity index (χ3v) is 1.62. The summed E-state index contributed by atoms with van der Waals surface area (Å²) in [6.07, 6.45) is -2.49. The summed E-state index contributed by atoms with van der Waals surface area (Å²) in [5, 5.41) is 18.0. The predicted molar refractivity (Wildman–Crippen MR) is 32.2 cm³/mol. The van der Waals surface area contributed by atoms with E-state index in [1.807, 2.05) is 0 Å². The van der Waals surface area contributed by atoms with Crippen molar-refractivity contribution in [2.24, 2.45) is 0 Å². The third kappa shape index (κ3) is 0.892. The molecule has 2 N–H and O–H groups in total. The fourth-order valence-electron chi connectivity index (χ4n) is 0.889. The van der Waals surface area contributed by atoms with Crippen molar-refractivity contribution in [3.8, 4) is 0 Å². The van der Waals surface area contributed by atoms with Gasteiger partial charge in [-0.25, -0.2) is 4.79 Å². The van der Waals surface area contributed by atoms with Gasteiger partial charge in [-0.05, 0) is 13.8 Å². The number of cyclic esters (lactones) is 1. The van der Waals surface area contributed by atoms with Crippen molar-refractivity contribution in [1.82, 2.24) is 0 Å². The van der Waals surface area contributed by atoms with Crippen LogP contribution in [0.1, 0.15) is 13.8 Å². The molecular formula is C6H10O4. The minimum atomic E-state index is -1.38. The zero-order valence-corrected chi connectivity index (χ0v) is 5.87. The molecule has 2 unspecified atom stereocenters. The lowest BCUT2D eigenvalue weighted by molar-refractivity contribution is -0.151. The van der Waals surface area contributed by atoms with E-state index in [-0.39, 0.29) is 0 Å². The van der Waals surface area contributed by atoms with Crippen LogP contribution in [0.4, 0.5) is 0 Å². The highest BCUT2D eigenvalue weighted by Gasteiger charge is 2.48. The average molecular weight is 146 g/mol. The molecule has 0 spiro atoms. The first-order chi connectivity index (χ1) is 4.45. The van der Waals surface area contributed by atoms with Gasteiger partial charge in [-0.1, -0.05) is 0 Å². The van der Waals surface area contributed by atoms with Crippen LogP contribution < -0.4 is 0 Å². The quantitative estimate of drug-likeness (QED) is 0.432. The van der Waals surface area contributed by atoms with Crippen LogP contribution >= 0.6 is 0 Å². The second-order valence-corrected chi connectivity index (χ2v) is 2.91. The fourth-order valence-corrected chi connectivity index (χ4v) is 0.889. The number of carbonyl (C=O) groups is 1. The first-order valence-corrected chi connectivity index (χ1v) is 3.04. The summed E-state index contributed by atoms with van der Waals surface area (Å²) in [6.45, 7) is 3.09. The topological polar surface area (TPSA) is 66.8 Å². The van der Waals surface area contributed by atoms with E-state index in [4.69, 9.17) is 10.2 Å². The molecule has 4 heteroatoms. The average Bonchev–Trinajstić information content (AvgIpc) is 1.95. The predicted octanol–water partition coefficient (Wildman–Crippen LogP) is -0.956. The number of aliphatic hydroxyl groups is 2. The van der Waals surface area contributed by atoms with Gasteiger partial charge in [0.25, 0.3) is 0 Å². The Labute approximate surface area is 58.4 Å². The van der Waals surface area contributed by atoms with E-state index in [0.29, 0.717) is 0 Å². The molecule has 2 atom stereocenters. The van der Waals surface area contributed by atoms with Crippen LogP contribution in [0.3, 0.4) is 0 Å². The van der Waals surface area contributed by atoms with E-state index in [9.17, 15) is 4.79 Å². The molecule has 1 heterocycles. The van der Waals surface area contributed by atoms with Crippen molar-refractivity contribution < 1.29 is 19.7 Å². The molecule has 1 aliphatic rings. The van der Waals surface area contributed by atoms with E-state index in [0.717, 1.165) is 0 Å². The number of hydrogen-bond donors (Lipinski definition) is 2. The second kappa shape index (κ2) is 1.93. The molecule has 0 aromatic heterocycles. The lowest BCUT2D eigenvalue weighted by atomic mass is 10.0. The molecule has 0 aromatic rings. The van der Waals surface area contributed by atoms with Gasteiger partial charge in [0, 0.05) is 0 Å². The summed E-state index contributed by atoms with van der Waals surface area (Å²) in [6, 6.07) is 0. The summed E-state index contributed by atoms with van der Waals surface area (Å²) in [7, 11) is 0. The van der Waals surface area contributed by atoms with Gasteiger partial charge < -0.3 is 14.9 Å². The molecule has 1 aliphatic heterocycles. The zero-order valence-electron chi connectivity index (χ0n) is 5.87. The van der Waals surface area contributed by atoms with Gasteiger partial charge >= 0.3 is 5.97 Å². The SMILES string of the molecule is CC1(C)OC(=O)C(O)C1O. The molecule has 10 heavy (non-hydrogen) atoms. The third-order valence-electron chi connectivity index (χ3n) is 1.62. The second-order valence-electron chi connectivity index (χ2n) is 2.91. The van der Waals surface area contributed by atoms with E-state index in [2.05, 4.69) is 4.74 Å². The van der Waals surface area contributed by atoms with Crippen LogP contribution in [0.25, 0.3) is 0 Å². The first-order valence-electron chi connectivity index (χ1n) is 3.04. The van der Waals surface area contributed by atoms with Gasteiger partial charge in [0.2, 0.25) is 0 Å². The van der Waals surface area contributed by atoms with E-state index in [1.165, 1.54) is 0 Å². The Morgan fingerprint density at radius 2 is 2.00 bits per heavy atom. The van der Waals surface area contributed by atoms with Crippen molar-refractivity contribution in [2.75, 3.05) is 0 Å². The molecule has 0 aromatic carbocycles. The van der Waals surface area contributed by atoms with Crippen molar-refractivity contribution in [3.05, 3.63) is 0 Å². The molecule has 4 nitrogen and oxygen atoms in total. The normalized spacial score (nSPS) is 37.8. The Kier molecular flexibility index (Phi) is 1.45. The van der Waals surface area contributed by atoms with Gasteiger partial charge in [0.05, 0.1) is 0 Å². The van der Waals surface area contributed by atoms with Gasteiger partial charge in [0.1, 0.15) is 11.7 Å². The number of rotatable bonds is 0. The van der Waals surface area contributed by atoms with Crippen LogP contribution in [0.15, 0.2) is 0 Å². The highest BCUT2D eigenvalue weighted by Crippen LogP contribution is 2.25. The number of hydrogen-bond acceptors (Lipinski definition) is 4. The highest BCUT2D eigenvalue weighted by atomic mass is 16.6. The number of esters is 1. The molecule has 0 aliphatic carbocycles. The zero-order chi connectivity index (χ0) is 7.94. The van der Waals surface area contributed by atoms with Crippen molar-refractivity contribution in [1.29, 1.82) is 0 Å². The number of ether oxygens (including phenoxy) is 1. The van der Waals surface area contributed by atoms with Crippen LogP contribution in [0.5, 0.6) is 0 Å². The van der Waals surface area contributed by atoms with E-state index >= 15 is 0 Å². The maximum absolute atomic E-state index is 10.6. The fraction of sp³-hybridized carbons (Fsp3) is 0.833. The molecular weight excluding hydrogens is 136 g/mol. The molecule has 0 amide bonds. The monoisotopic (exact) mass is 146 g/mol. The molecule has 1 saturated heterocycles. The van der Waals surface area contributed by atoms with Gasteiger partial charge in [0.15, 0.2) is 6.10 Å². The molecule has 1 rings (SSSR count). The largest absolute Gasteiger partial charge is 0.455 e. The molecule has 58 valence electrons.